The molecule has 1 saturated carbocycles. The van der Waals surface area contributed by atoms with E-state index in [4.69, 9.17) is 0 Å². The van der Waals surface area contributed by atoms with Crippen molar-refractivity contribution in [1.82, 2.24) is 10.2 Å². The lowest BCUT2D eigenvalue weighted by Gasteiger charge is -2.23. The summed E-state index contributed by atoms with van der Waals surface area (Å²) in [5.41, 5.74) is 4.19. The summed E-state index contributed by atoms with van der Waals surface area (Å²) in [4.78, 5) is 2.50. The highest BCUT2D eigenvalue weighted by Crippen LogP contribution is 2.29. The van der Waals surface area contributed by atoms with Crippen LogP contribution in [0.15, 0.2) is 18.2 Å². The van der Waals surface area contributed by atoms with Gasteiger partial charge in [0.15, 0.2) is 0 Å². The third kappa shape index (κ3) is 4.92. The van der Waals surface area contributed by atoms with E-state index < -0.39 is 0 Å². The molecule has 0 radical (unpaired) electrons. The van der Waals surface area contributed by atoms with Gasteiger partial charge in [-0.15, -0.1) is 0 Å². The summed E-state index contributed by atoms with van der Waals surface area (Å²) < 4.78 is 0. The molecule has 0 amide bonds. The molecule has 0 bridgehead atoms. The van der Waals surface area contributed by atoms with E-state index in [0.717, 1.165) is 12.5 Å². The first-order valence-corrected chi connectivity index (χ1v) is 8.08. The summed E-state index contributed by atoms with van der Waals surface area (Å²) in [6.07, 6.45) is 4.08. The first-order valence-electron chi connectivity index (χ1n) is 8.08. The van der Waals surface area contributed by atoms with Crippen molar-refractivity contribution < 1.29 is 0 Å². The first kappa shape index (κ1) is 15.5. The molecule has 0 spiro atoms. The molecule has 0 heterocycles. The Balaban J connectivity index is 1.94. The molecule has 1 unspecified atom stereocenters. The van der Waals surface area contributed by atoms with Gasteiger partial charge in [0, 0.05) is 12.6 Å². The van der Waals surface area contributed by atoms with Gasteiger partial charge in [0.05, 0.1) is 0 Å². The van der Waals surface area contributed by atoms with Crippen LogP contribution < -0.4 is 5.32 Å². The van der Waals surface area contributed by atoms with Crippen LogP contribution in [0.3, 0.4) is 0 Å². The molecule has 1 aliphatic carbocycles. The van der Waals surface area contributed by atoms with Gasteiger partial charge in [0.25, 0.3) is 0 Å². The summed E-state index contributed by atoms with van der Waals surface area (Å²) in [6, 6.07) is 7.41. The first-order chi connectivity index (χ1) is 9.58. The Morgan fingerprint density at radius 2 is 1.85 bits per heavy atom. The number of hydrogen-bond acceptors (Lipinski definition) is 2. The smallest absolute Gasteiger partial charge is 0.0332 e. The Kier molecular flexibility index (Phi) is 5.62. The molecule has 2 rings (SSSR count). The third-order valence-corrected chi connectivity index (χ3v) is 4.16. The van der Waals surface area contributed by atoms with Gasteiger partial charge < -0.3 is 10.2 Å². The molecule has 1 N–H and O–H groups in total. The molecule has 1 atom stereocenters. The van der Waals surface area contributed by atoms with Gasteiger partial charge in [0.1, 0.15) is 0 Å². The number of aryl methyl sites for hydroxylation is 2. The van der Waals surface area contributed by atoms with E-state index in [9.17, 15) is 0 Å². The van der Waals surface area contributed by atoms with Gasteiger partial charge in [0.2, 0.25) is 0 Å². The van der Waals surface area contributed by atoms with Crippen molar-refractivity contribution in [2.45, 2.75) is 46.1 Å². The molecular weight excluding hydrogens is 244 g/mol. The minimum atomic E-state index is 0.486. The molecule has 1 aromatic rings. The maximum atomic E-state index is 3.65. The fourth-order valence-electron chi connectivity index (χ4n) is 3.03. The molecule has 1 aliphatic rings. The van der Waals surface area contributed by atoms with E-state index in [1.54, 1.807) is 0 Å². The Morgan fingerprint density at radius 3 is 2.40 bits per heavy atom. The highest BCUT2D eigenvalue weighted by molar-refractivity contribution is 5.30. The number of rotatable bonds is 8. The molecule has 20 heavy (non-hydrogen) atoms. The molecule has 112 valence electrons. The standard InChI is InChI=1S/C18H30N2/c1-5-19-18(8-9-20(4)13-16-6-7-16)17-11-14(2)10-15(3)12-17/h10-12,16,18-19H,5-9,13H2,1-4H3. The Bertz CT molecular complexity index is 403. The van der Waals surface area contributed by atoms with Crippen LogP contribution in [0.4, 0.5) is 0 Å². The van der Waals surface area contributed by atoms with E-state index in [0.29, 0.717) is 6.04 Å². The van der Waals surface area contributed by atoms with Crippen LogP contribution in [0, 0.1) is 19.8 Å². The second-order valence-corrected chi connectivity index (χ2v) is 6.53. The average Bonchev–Trinajstić information content (AvgIpc) is 3.17. The normalized spacial score (nSPS) is 16.6. The van der Waals surface area contributed by atoms with Gasteiger partial charge >= 0.3 is 0 Å². The minimum absolute atomic E-state index is 0.486. The number of hydrogen-bond donors (Lipinski definition) is 1. The molecular formula is C18H30N2. The van der Waals surface area contributed by atoms with Crippen LogP contribution in [0.25, 0.3) is 0 Å². The third-order valence-electron chi connectivity index (χ3n) is 4.16. The summed E-state index contributed by atoms with van der Waals surface area (Å²) in [5, 5.41) is 3.65. The van der Waals surface area contributed by atoms with E-state index in [1.807, 2.05) is 0 Å². The van der Waals surface area contributed by atoms with Crippen molar-refractivity contribution in [3.05, 3.63) is 34.9 Å². The minimum Gasteiger partial charge on any atom is -0.310 e. The van der Waals surface area contributed by atoms with Crippen molar-refractivity contribution in [2.75, 3.05) is 26.7 Å². The molecule has 1 aromatic carbocycles. The lowest BCUT2D eigenvalue weighted by Crippen LogP contribution is -2.28. The van der Waals surface area contributed by atoms with E-state index in [2.05, 4.69) is 56.2 Å². The Hall–Kier alpha value is -0.860. The number of benzene rings is 1. The highest BCUT2D eigenvalue weighted by Gasteiger charge is 2.23. The molecule has 0 aliphatic heterocycles. The second-order valence-electron chi connectivity index (χ2n) is 6.53. The number of nitrogens with one attached hydrogen (secondary N) is 1. The molecule has 2 nitrogen and oxygen atoms in total. The fraction of sp³-hybridized carbons (Fsp3) is 0.667. The van der Waals surface area contributed by atoms with Crippen LogP contribution in [0.2, 0.25) is 0 Å². The summed E-state index contributed by atoms with van der Waals surface area (Å²) in [7, 11) is 2.27. The zero-order chi connectivity index (χ0) is 14.5. The lowest BCUT2D eigenvalue weighted by molar-refractivity contribution is 0.297. The highest BCUT2D eigenvalue weighted by atomic mass is 15.1. The van der Waals surface area contributed by atoms with E-state index in [1.165, 1.54) is 49.0 Å². The van der Waals surface area contributed by atoms with Crippen LogP contribution in [-0.2, 0) is 0 Å². The molecule has 2 heteroatoms. The van der Waals surface area contributed by atoms with Gasteiger partial charge in [-0.1, -0.05) is 36.2 Å². The predicted molar refractivity (Wildman–Crippen MR) is 87.2 cm³/mol. The monoisotopic (exact) mass is 274 g/mol. The van der Waals surface area contributed by atoms with Crippen molar-refractivity contribution in [2.24, 2.45) is 5.92 Å². The topological polar surface area (TPSA) is 15.3 Å². The fourth-order valence-corrected chi connectivity index (χ4v) is 3.03. The van der Waals surface area contributed by atoms with Crippen LogP contribution >= 0.6 is 0 Å². The quantitative estimate of drug-likeness (QED) is 0.778. The second kappa shape index (κ2) is 7.24. The van der Waals surface area contributed by atoms with Crippen molar-refractivity contribution in [3.8, 4) is 0 Å². The number of nitrogens with zero attached hydrogens (tertiary/aromatic N) is 1. The SMILES string of the molecule is CCNC(CCN(C)CC1CC1)c1cc(C)cc(C)c1. The lowest BCUT2D eigenvalue weighted by atomic mass is 9.99. The van der Waals surface area contributed by atoms with Crippen molar-refractivity contribution >= 4 is 0 Å². The zero-order valence-corrected chi connectivity index (χ0v) is 13.6. The molecule has 0 aromatic heterocycles. The van der Waals surface area contributed by atoms with Crippen LogP contribution in [0.5, 0.6) is 0 Å². The summed E-state index contributed by atoms with van der Waals surface area (Å²) in [5.74, 6) is 0.985. The largest absolute Gasteiger partial charge is 0.310 e. The Labute approximate surface area is 124 Å². The van der Waals surface area contributed by atoms with Crippen LogP contribution in [0.1, 0.15) is 48.9 Å². The van der Waals surface area contributed by atoms with E-state index >= 15 is 0 Å². The summed E-state index contributed by atoms with van der Waals surface area (Å²) in [6.45, 7) is 10.1. The molecule has 1 fully saturated rings. The van der Waals surface area contributed by atoms with Gasteiger partial charge in [-0.25, -0.2) is 0 Å². The van der Waals surface area contributed by atoms with Gasteiger partial charge in [-0.3, -0.25) is 0 Å². The maximum Gasteiger partial charge on any atom is 0.0332 e. The van der Waals surface area contributed by atoms with Crippen molar-refractivity contribution in [3.63, 3.8) is 0 Å². The zero-order valence-electron chi connectivity index (χ0n) is 13.6. The van der Waals surface area contributed by atoms with Crippen LogP contribution in [-0.4, -0.2) is 31.6 Å². The van der Waals surface area contributed by atoms with Gasteiger partial charge in [-0.2, -0.15) is 0 Å². The van der Waals surface area contributed by atoms with Gasteiger partial charge in [-0.05, 0) is 64.7 Å². The Morgan fingerprint density at radius 1 is 1.20 bits per heavy atom. The summed E-state index contributed by atoms with van der Waals surface area (Å²) >= 11 is 0. The van der Waals surface area contributed by atoms with Crippen molar-refractivity contribution in [1.29, 1.82) is 0 Å². The average molecular weight is 274 g/mol. The maximum absolute atomic E-state index is 3.65. The van der Waals surface area contributed by atoms with E-state index in [-0.39, 0.29) is 0 Å². The molecule has 0 saturated heterocycles. The predicted octanol–water partition coefficient (Wildman–Crippen LogP) is 3.69.